The summed E-state index contributed by atoms with van der Waals surface area (Å²) in [5.41, 5.74) is -0.738. The predicted molar refractivity (Wildman–Crippen MR) is 154 cm³/mol. The van der Waals surface area contributed by atoms with Crippen molar-refractivity contribution in [3.05, 3.63) is 47.7 Å². The van der Waals surface area contributed by atoms with E-state index in [1.54, 1.807) is 11.9 Å². The van der Waals surface area contributed by atoms with E-state index in [-0.39, 0.29) is 63.4 Å². The fourth-order valence-corrected chi connectivity index (χ4v) is 6.85. The average molecular weight is 585 g/mol. The highest BCUT2D eigenvalue weighted by molar-refractivity contribution is 6.03. The molecule has 4 heterocycles. The number of aromatic hydroxyl groups is 1. The van der Waals surface area contributed by atoms with Crippen molar-refractivity contribution in [2.24, 2.45) is 5.92 Å². The van der Waals surface area contributed by atoms with E-state index in [0.717, 1.165) is 19.4 Å². The van der Waals surface area contributed by atoms with Gasteiger partial charge in [-0.1, -0.05) is 12.0 Å². The number of ether oxygens (including phenoxy) is 1. The van der Waals surface area contributed by atoms with Gasteiger partial charge in [-0.05, 0) is 49.4 Å². The first-order valence-electron chi connectivity index (χ1n) is 14.2. The van der Waals surface area contributed by atoms with Gasteiger partial charge in [-0.3, -0.25) is 9.88 Å². The summed E-state index contributed by atoms with van der Waals surface area (Å²) in [6.45, 7) is 1.29. The Hall–Kier alpha value is -4.61. The lowest BCUT2D eigenvalue weighted by Crippen LogP contribution is -2.43. The minimum absolute atomic E-state index is 0.0830. The molecule has 0 spiro atoms. The number of fused-ring (bicyclic) bond motifs is 3. The largest absolute Gasteiger partial charge is 0.508 e. The number of terminal acetylenes is 1. The number of phenols is 1. The van der Waals surface area contributed by atoms with Crippen LogP contribution in [0.25, 0.3) is 32.9 Å². The van der Waals surface area contributed by atoms with Crippen LogP contribution in [0.5, 0.6) is 11.8 Å². The lowest BCUT2D eigenvalue weighted by atomic mass is 9.95. The summed E-state index contributed by atoms with van der Waals surface area (Å²) in [4.78, 5) is 17.4. The van der Waals surface area contributed by atoms with E-state index in [2.05, 4.69) is 31.8 Å². The molecule has 43 heavy (non-hydrogen) atoms. The highest BCUT2D eigenvalue weighted by Gasteiger charge is 2.49. The first-order chi connectivity index (χ1) is 20.7. The van der Waals surface area contributed by atoms with Crippen molar-refractivity contribution in [2.45, 2.75) is 43.4 Å². The molecule has 7 rings (SSSR count). The summed E-state index contributed by atoms with van der Waals surface area (Å²) >= 11 is 0. The Morgan fingerprint density at radius 1 is 1.28 bits per heavy atom. The maximum atomic E-state index is 16.6. The number of nitriles is 1. The van der Waals surface area contributed by atoms with Crippen LogP contribution in [0.2, 0.25) is 0 Å². The third kappa shape index (κ3) is 4.38. The Morgan fingerprint density at radius 2 is 2.12 bits per heavy atom. The molecule has 0 amide bonds. The van der Waals surface area contributed by atoms with Crippen molar-refractivity contribution in [1.82, 2.24) is 19.9 Å². The van der Waals surface area contributed by atoms with Crippen molar-refractivity contribution in [3.63, 3.8) is 0 Å². The summed E-state index contributed by atoms with van der Waals surface area (Å²) < 4.78 is 51.8. The topological polar surface area (TPSA) is 98.4 Å². The zero-order chi connectivity index (χ0) is 30.0. The fourth-order valence-electron chi connectivity index (χ4n) is 6.85. The average Bonchev–Trinajstić information content (AvgIpc) is 3.59. The second kappa shape index (κ2) is 9.99. The smallest absolute Gasteiger partial charge is 0.319 e. The van der Waals surface area contributed by atoms with Crippen LogP contribution in [0.4, 0.5) is 19.0 Å². The van der Waals surface area contributed by atoms with Crippen molar-refractivity contribution < 1.29 is 23.0 Å². The Bertz CT molecular complexity index is 1890. The van der Waals surface area contributed by atoms with Crippen molar-refractivity contribution in [3.8, 4) is 41.4 Å². The second-order valence-electron chi connectivity index (χ2n) is 11.7. The molecular formula is C32H27F3N6O2. The zero-order valence-electron chi connectivity index (χ0n) is 23.3. The van der Waals surface area contributed by atoms with E-state index in [1.807, 2.05) is 0 Å². The summed E-state index contributed by atoms with van der Waals surface area (Å²) in [5.74, 6) is 0.803. The van der Waals surface area contributed by atoms with Crippen molar-refractivity contribution in [2.75, 3.05) is 31.6 Å². The van der Waals surface area contributed by atoms with Crippen LogP contribution in [0.15, 0.2) is 30.5 Å². The molecule has 1 saturated carbocycles. The predicted octanol–water partition coefficient (Wildman–Crippen LogP) is 5.11. The molecule has 8 nitrogen and oxygen atoms in total. The molecule has 2 aromatic heterocycles. The van der Waals surface area contributed by atoms with Crippen molar-refractivity contribution in [1.29, 1.82) is 5.26 Å². The summed E-state index contributed by atoms with van der Waals surface area (Å²) in [7, 11) is 1.77. The monoisotopic (exact) mass is 584 g/mol. The van der Waals surface area contributed by atoms with Gasteiger partial charge in [0.15, 0.2) is 5.82 Å². The van der Waals surface area contributed by atoms with Gasteiger partial charge < -0.3 is 14.7 Å². The number of pyridine rings is 1. The van der Waals surface area contributed by atoms with Crippen molar-refractivity contribution >= 4 is 27.5 Å². The van der Waals surface area contributed by atoms with Gasteiger partial charge in [0.2, 0.25) is 0 Å². The van der Waals surface area contributed by atoms with E-state index < -0.39 is 23.3 Å². The summed E-state index contributed by atoms with van der Waals surface area (Å²) in [5, 5.41) is 20.8. The number of halogens is 3. The standard InChI is InChI=1S/C32H27F3N6O2/c1-3-21-24(34)6-5-17-9-20(42)11-22(26(17)21)28-27(35)29-23(14-37-28)30(40(2)25-10-18(25)13-36)39-31(38-29)43-16-32-7-4-8-41(32)15-19(33)12-32/h1,5-6,9,11,14,18-19,25,42H,4,7-8,10,12,15-16H2,2H3/t18-,19+,25+,32-/m0/s1. The van der Waals surface area contributed by atoms with Gasteiger partial charge in [0.1, 0.15) is 41.4 Å². The van der Waals surface area contributed by atoms with E-state index in [1.165, 1.54) is 30.5 Å². The van der Waals surface area contributed by atoms with Crippen LogP contribution in [0.1, 0.15) is 31.2 Å². The van der Waals surface area contributed by atoms with E-state index in [4.69, 9.17) is 11.2 Å². The number of nitrogens with zero attached hydrogens (tertiary/aromatic N) is 6. The molecule has 0 radical (unpaired) electrons. The molecule has 0 bridgehead atoms. The molecule has 3 fully saturated rings. The van der Waals surface area contributed by atoms with Gasteiger partial charge in [0.05, 0.1) is 28.5 Å². The number of hydrogen-bond acceptors (Lipinski definition) is 8. The van der Waals surface area contributed by atoms with Gasteiger partial charge in [-0.15, -0.1) is 6.42 Å². The SMILES string of the molecule is C#Cc1c(F)ccc2cc(O)cc(-c3ncc4c(N(C)[C@@H]5C[C@H]5C#N)nc(OC[C@@]56CCCN5C[C@H](F)C6)nc4c3F)c12. The summed E-state index contributed by atoms with van der Waals surface area (Å²) in [6, 6.07) is 7.39. The minimum Gasteiger partial charge on any atom is -0.508 e. The fraction of sp³-hybridized carbons (Fsp3) is 0.375. The maximum absolute atomic E-state index is 16.6. The highest BCUT2D eigenvalue weighted by Crippen LogP contribution is 2.43. The Balaban J connectivity index is 1.38. The van der Waals surface area contributed by atoms with Crippen LogP contribution >= 0.6 is 0 Å². The minimum atomic E-state index is -0.943. The van der Waals surface area contributed by atoms with Crippen LogP contribution in [0, 0.1) is 41.2 Å². The molecule has 0 unspecified atom stereocenters. The molecule has 2 saturated heterocycles. The number of benzene rings is 2. The lowest BCUT2D eigenvalue weighted by molar-refractivity contribution is 0.107. The quantitative estimate of drug-likeness (QED) is 0.312. The Morgan fingerprint density at radius 3 is 2.88 bits per heavy atom. The van der Waals surface area contributed by atoms with E-state index >= 15 is 4.39 Å². The van der Waals surface area contributed by atoms with Crippen LogP contribution < -0.4 is 9.64 Å². The molecule has 11 heteroatoms. The van der Waals surface area contributed by atoms with Gasteiger partial charge in [0.25, 0.3) is 0 Å². The van der Waals surface area contributed by atoms with E-state index in [0.29, 0.717) is 30.6 Å². The van der Waals surface area contributed by atoms with Crippen LogP contribution in [-0.2, 0) is 0 Å². The van der Waals surface area contributed by atoms with Gasteiger partial charge in [-0.2, -0.15) is 15.2 Å². The van der Waals surface area contributed by atoms with Gasteiger partial charge >= 0.3 is 6.01 Å². The zero-order valence-corrected chi connectivity index (χ0v) is 23.3. The number of rotatable bonds is 6. The second-order valence-corrected chi connectivity index (χ2v) is 11.7. The third-order valence-electron chi connectivity index (χ3n) is 9.08. The normalized spacial score (nSPS) is 24.6. The number of aromatic nitrogens is 3. The summed E-state index contributed by atoms with van der Waals surface area (Å²) in [6.07, 6.45) is 8.80. The lowest BCUT2D eigenvalue weighted by Gasteiger charge is -2.31. The van der Waals surface area contributed by atoms with Gasteiger partial charge in [-0.25, -0.2) is 13.2 Å². The molecular weight excluding hydrogens is 557 g/mol. The molecule has 218 valence electrons. The molecule has 4 atom stereocenters. The maximum Gasteiger partial charge on any atom is 0.319 e. The molecule has 2 aromatic carbocycles. The van der Waals surface area contributed by atoms with Crippen LogP contribution in [0.3, 0.4) is 0 Å². The number of alkyl halides is 1. The highest BCUT2D eigenvalue weighted by atomic mass is 19.1. The van der Waals surface area contributed by atoms with Gasteiger partial charge in [0, 0.05) is 43.2 Å². The first-order valence-corrected chi connectivity index (χ1v) is 14.2. The number of anilines is 1. The van der Waals surface area contributed by atoms with Crippen LogP contribution in [-0.4, -0.2) is 69.5 Å². The number of phenolic OH excluding ortho intramolecular Hbond substituents is 1. The number of hydrogen-bond donors (Lipinski definition) is 1. The van der Waals surface area contributed by atoms with E-state index in [9.17, 15) is 19.1 Å². The molecule has 2 aliphatic heterocycles. The Kier molecular flexibility index (Phi) is 6.33. The molecule has 3 aliphatic rings. The molecule has 1 N–H and O–H groups in total. The molecule has 1 aliphatic carbocycles. The molecule has 4 aromatic rings. The Labute approximate surface area is 245 Å². The third-order valence-corrected chi connectivity index (χ3v) is 9.08. The first kappa shape index (κ1) is 27.2.